The summed E-state index contributed by atoms with van der Waals surface area (Å²) in [6.07, 6.45) is 0. The molecule has 0 fully saturated rings. The number of rotatable bonds is 5. The summed E-state index contributed by atoms with van der Waals surface area (Å²) in [5, 5.41) is 11.4. The van der Waals surface area contributed by atoms with E-state index in [1.807, 2.05) is 26.0 Å². The number of amides is 1. The number of aromatic nitrogens is 2. The van der Waals surface area contributed by atoms with Crippen molar-refractivity contribution in [1.29, 1.82) is 0 Å². The third-order valence-electron chi connectivity index (χ3n) is 3.96. The zero-order valence-electron chi connectivity index (χ0n) is 15.1. The minimum absolute atomic E-state index is 0.0893. The van der Waals surface area contributed by atoms with Crippen LogP contribution in [-0.2, 0) is 5.41 Å². The van der Waals surface area contributed by atoms with E-state index >= 15 is 0 Å². The Labute approximate surface area is 144 Å². The van der Waals surface area contributed by atoms with E-state index in [0.717, 1.165) is 5.69 Å². The maximum atomic E-state index is 12.2. The summed E-state index contributed by atoms with van der Waals surface area (Å²) in [5.41, 5.74) is 2.72. The summed E-state index contributed by atoms with van der Waals surface area (Å²) in [6.45, 7) is 11.8. The van der Waals surface area contributed by atoms with Crippen LogP contribution in [-0.4, -0.2) is 34.1 Å². The Morgan fingerprint density at radius 2 is 1.62 bits per heavy atom. The van der Waals surface area contributed by atoms with Crippen molar-refractivity contribution in [3.05, 3.63) is 47.7 Å². The first kappa shape index (κ1) is 17.9. The van der Waals surface area contributed by atoms with Gasteiger partial charge in [0, 0.05) is 18.8 Å². The molecule has 0 radical (unpaired) electrons. The van der Waals surface area contributed by atoms with Gasteiger partial charge in [0.1, 0.15) is 0 Å². The maximum absolute atomic E-state index is 12.2. The van der Waals surface area contributed by atoms with Crippen LogP contribution in [0.15, 0.2) is 36.4 Å². The Bertz CT molecular complexity index is 668. The van der Waals surface area contributed by atoms with Crippen molar-refractivity contribution in [1.82, 2.24) is 15.1 Å². The average Bonchev–Trinajstić information content (AvgIpc) is 2.56. The van der Waals surface area contributed by atoms with Crippen molar-refractivity contribution in [2.45, 2.75) is 40.0 Å². The van der Waals surface area contributed by atoms with Crippen molar-refractivity contribution in [3.8, 4) is 0 Å². The molecule has 0 atom stereocenters. The van der Waals surface area contributed by atoms with E-state index in [1.165, 1.54) is 5.56 Å². The minimum atomic E-state index is -0.0893. The van der Waals surface area contributed by atoms with Crippen molar-refractivity contribution in [2.75, 3.05) is 18.4 Å². The molecule has 0 spiro atoms. The highest BCUT2D eigenvalue weighted by atomic mass is 16.2. The van der Waals surface area contributed by atoms with Crippen LogP contribution in [0.5, 0.6) is 0 Å². The molecular formula is C19H26N4O. The highest BCUT2D eigenvalue weighted by Crippen LogP contribution is 2.24. The summed E-state index contributed by atoms with van der Waals surface area (Å²) in [7, 11) is 0. The lowest BCUT2D eigenvalue weighted by Crippen LogP contribution is -2.31. The Morgan fingerprint density at radius 1 is 1.00 bits per heavy atom. The maximum Gasteiger partial charge on any atom is 0.274 e. The van der Waals surface area contributed by atoms with Gasteiger partial charge >= 0.3 is 0 Å². The van der Waals surface area contributed by atoms with Gasteiger partial charge in [-0.15, -0.1) is 10.2 Å². The van der Waals surface area contributed by atoms with E-state index in [9.17, 15) is 4.79 Å². The molecule has 1 aromatic heterocycles. The van der Waals surface area contributed by atoms with E-state index in [-0.39, 0.29) is 11.3 Å². The lowest BCUT2D eigenvalue weighted by molar-refractivity contribution is 0.0766. The fourth-order valence-electron chi connectivity index (χ4n) is 2.39. The van der Waals surface area contributed by atoms with Crippen LogP contribution in [0, 0.1) is 0 Å². The van der Waals surface area contributed by atoms with Crippen molar-refractivity contribution < 1.29 is 4.79 Å². The van der Waals surface area contributed by atoms with E-state index in [0.29, 0.717) is 24.6 Å². The number of benzene rings is 1. The summed E-state index contributed by atoms with van der Waals surface area (Å²) < 4.78 is 0. The predicted molar refractivity (Wildman–Crippen MR) is 97.7 cm³/mol. The zero-order valence-corrected chi connectivity index (χ0v) is 15.1. The van der Waals surface area contributed by atoms with Gasteiger partial charge in [0.05, 0.1) is 0 Å². The van der Waals surface area contributed by atoms with Crippen molar-refractivity contribution in [3.63, 3.8) is 0 Å². The lowest BCUT2D eigenvalue weighted by atomic mass is 9.87. The summed E-state index contributed by atoms with van der Waals surface area (Å²) in [4.78, 5) is 13.9. The van der Waals surface area contributed by atoms with Gasteiger partial charge in [-0.3, -0.25) is 4.79 Å². The molecule has 24 heavy (non-hydrogen) atoms. The topological polar surface area (TPSA) is 58.1 Å². The molecule has 0 saturated heterocycles. The van der Waals surface area contributed by atoms with E-state index in [1.54, 1.807) is 17.0 Å². The van der Waals surface area contributed by atoms with Gasteiger partial charge in [-0.2, -0.15) is 0 Å². The molecule has 0 saturated carbocycles. The third kappa shape index (κ3) is 4.31. The quantitative estimate of drug-likeness (QED) is 0.902. The van der Waals surface area contributed by atoms with Crippen LogP contribution >= 0.6 is 0 Å². The van der Waals surface area contributed by atoms with Crippen LogP contribution < -0.4 is 5.32 Å². The van der Waals surface area contributed by atoms with Gasteiger partial charge in [0.2, 0.25) is 0 Å². The number of nitrogens with one attached hydrogen (secondary N) is 1. The van der Waals surface area contributed by atoms with E-state index < -0.39 is 0 Å². The van der Waals surface area contributed by atoms with Gasteiger partial charge < -0.3 is 10.2 Å². The summed E-state index contributed by atoms with van der Waals surface area (Å²) in [5.74, 6) is 0.531. The van der Waals surface area contributed by atoms with Crippen molar-refractivity contribution >= 4 is 17.4 Å². The zero-order chi connectivity index (χ0) is 17.7. The highest BCUT2D eigenvalue weighted by Gasteiger charge is 2.15. The average molecular weight is 326 g/mol. The molecular weight excluding hydrogens is 300 g/mol. The van der Waals surface area contributed by atoms with E-state index in [2.05, 4.69) is 48.4 Å². The van der Waals surface area contributed by atoms with Crippen LogP contribution in [0.1, 0.15) is 50.7 Å². The predicted octanol–water partition coefficient (Wildman–Crippen LogP) is 4.00. The van der Waals surface area contributed by atoms with Crippen LogP contribution in [0.3, 0.4) is 0 Å². The number of carbonyl (C=O) groups is 1. The van der Waals surface area contributed by atoms with Gasteiger partial charge in [0.15, 0.2) is 11.5 Å². The molecule has 128 valence electrons. The fraction of sp³-hybridized carbons (Fsp3) is 0.421. The highest BCUT2D eigenvalue weighted by molar-refractivity contribution is 5.92. The largest absolute Gasteiger partial charge is 0.339 e. The Hall–Kier alpha value is -2.43. The van der Waals surface area contributed by atoms with Crippen LogP contribution in [0.25, 0.3) is 0 Å². The van der Waals surface area contributed by atoms with Crippen LogP contribution in [0.4, 0.5) is 11.5 Å². The first-order valence-corrected chi connectivity index (χ1v) is 8.35. The molecule has 1 heterocycles. The fourth-order valence-corrected chi connectivity index (χ4v) is 2.39. The van der Waals surface area contributed by atoms with Gasteiger partial charge in [0.25, 0.3) is 5.91 Å². The van der Waals surface area contributed by atoms with E-state index in [4.69, 9.17) is 0 Å². The summed E-state index contributed by atoms with van der Waals surface area (Å²) in [6, 6.07) is 11.7. The molecule has 0 aliphatic rings. The number of hydrogen-bond donors (Lipinski definition) is 1. The minimum Gasteiger partial charge on any atom is -0.339 e. The molecule has 0 aliphatic heterocycles. The first-order valence-electron chi connectivity index (χ1n) is 8.35. The van der Waals surface area contributed by atoms with Gasteiger partial charge in [-0.1, -0.05) is 32.9 Å². The standard InChI is InChI=1S/C19H26N4O/c1-6-23(7-2)18(24)16-12-13-17(22-21-16)20-15-10-8-14(9-11-15)19(3,4)5/h8-13H,6-7H2,1-5H3,(H,20,22). The second-order valence-electron chi connectivity index (χ2n) is 6.73. The van der Waals surface area contributed by atoms with Gasteiger partial charge in [-0.25, -0.2) is 0 Å². The lowest BCUT2D eigenvalue weighted by Gasteiger charge is -2.19. The molecule has 1 aromatic carbocycles. The second-order valence-corrected chi connectivity index (χ2v) is 6.73. The molecule has 2 aromatic rings. The number of carbonyl (C=O) groups excluding carboxylic acids is 1. The smallest absolute Gasteiger partial charge is 0.274 e. The molecule has 0 aliphatic carbocycles. The Morgan fingerprint density at radius 3 is 2.08 bits per heavy atom. The number of hydrogen-bond acceptors (Lipinski definition) is 4. The Balaban J connectivity index is 2.08. The number of nitrogens with zero attached hydrogens (tertiary/aromatic N) is 3. The molecule has 1 amide bonds. The van der Waals surface area contributed by atoms with Crippen molar-refractivity contribution in [2.24, 2.45) is 0 Å². The molecule has 0 bridgehead atoms. The molecule has 0 unspecified atom stereocenters. The molecule has 2 rings (SSSR count). The summed E-state index contributed by atoms with van der Waals surface area (Å²) >= 11 is 0. The molecule has 5 heteroatoms. The normalized spacial score (nSPS) is 11.2. The first-order chi connectivity index (χ1) is 11.3. The monoisotopic (exact) mass is 326 g/mol. The molecule has 1 N–H and O–H groups in total. The second kappa shape index (κ2) is 7.43. The number of anilines is 2. The SMILES string of the molecule is CCN(CC)C(=O)c1ccc(Nc2ccc(C(C)(C)C)cc2)nn1. The van der Waals surface area contributed by atoms with Gasteiger partial charge in [-0.05, 0) is 49.1 Å². The third-order valence-corrected chi connectivity index (χ3v) is 3.96. The molecule has 5 nitrogen and oxygen atoms in total. The van der Waals surface area contributed by atoms with Crippen LogP contribution in [0.2, 0.25) is 0 Å². The Kier molecular flexibility index (Phi) is 5.54.